The van der Waals surface area contributed by atoms with Gasteiger partial charge in [0.25, 0.3) is 0 Å². The molecule has 0 spiro atoms. The molecule has 0 unspecified atom stereocenters. The molecule has 0 radical (unpaired) electrons. The van der Waals surface area contributed by atoms with Crippen LogP contribution in [0.5, 0.6) is 5.75 Å². The molecule has 1 amide bonds. The van der Waals surface area contributed by atoms with Crippen molar-refractivity contribution in [1.82, 2.24) is 24.6 Å². The number of amides is 1. The van der Waals surface area contributed by atoms with E-state index in [-0.39, 0.29) is 24.1 Å². The number of carbonyl (C=O) groups is 1. The van der Waals surface area contributed by atoms with E-state index in [1.165, 1.54) is 12.4 Å². The molecule has 0 aliphatic carbocycles. The number of nitrogens with zero attached hydrogens (tertiary/aromatic N) is 5. The number of ether oxygens (including phenoxy) is 1. The normalized spacial score (nSPS) is 10.7. The number of rotatable bonds is 9. The fourth-order valence-electron chi connectivity index (χ4n) is 3.25. The summed E-state index contributed by atoms with van der Waals surface area (Å²) in [6.45, 7) is 3.02. The van der Waals surface area contributed by atoms with Crippen LogP contribution in [0.4, 0.5) is 0 Å². The van der Waals surface area contributed by atoms with E-state index in [0.29, 0.717) is 19.7 Å². The fraction of sp³-hybridized carbons (Fsp3) is 0.208. The highest BCUT2D eigenvalue weighted by atomic mass is 16.5. The van der Waals surface area contributed by atoms with E-state index in [0.717, 1.165) is 21.4 Å². The number of hydrogen-bond donors (Lipinski definition) is 0. The first-order valence-electron chi connectivity index (χ1n) is 10.5. The van der Waals surface area contributed by atoms with Crippen molar-refractivity contribution in [2.75, 3.05) is 6.54 Å². The van der Waals surface area contributed by atoms with E-state index in [9.17, 15) is 9.59 Å². The van der Waals surface area contributed by atoms with Crippen LogP contribution in [0.25, 0.3) is 11.6 Å². The zero-order chi connectivity index (χ0) is 23.0. The first kappa shape index (κ1) is 21.9. The Hall–Kier alpha value is -4.27. The Morgan fingerprint density at radius 2 is 1.73 bits per heavy atom. The van der Waals surface area contributed by atoms with Gasteiger partial charge in [0.15, 0.2) is 5.82 Å². The van der Waals surface area contributed by atoms with Crippen molar-refractivity contribution in [3.63, 3.8) is 0 Å². The molecule has 9 heteroatoms. The van der Waals surface area contributed by atoms with Gasteiger partial charge in [0.1, 0.15) is 18.9 Å². The summed E-state index contributed by atoms with van der Waals surface area (Å²) in [6, 6.07) is 19.2. The molecule has 33 heavy (non-hydrogen) atoms. The van der Waals surface area contributed by atoms with Crippen molar-refractivity contribution in [3.05, 3.63) is 94.7 Å². The minimum atomic E-state index is -0.734. The van der Waals surface area contributed by atoms with Gasteiger partial charge >= 0.3 is 5.76 Å². The highest BCUT2D eigenvalue weighted by Gasteiger charge is 2.20. The van der Waals surface area contributed by atoms with Crippen LogP contribution in [0.1, 0.15) is 18.1 Å². The van der Waals surface area contributed by atoms with Crippen LogP contribution < -0.4 is 10.5 Å². The molecule has 0 fully saturated rings. The molecule has 168 valence electrons. The van der Waals surface area contributed by atoms with Crippen molar-refractivity contribution in [2.45, 2.75) is 26.6 Å². The Labute approximate surface area is 190 Å². The lowest BCUT2D eigenvalue weighted by molar-refractivity contribution is -0.132. The first-order valence-corrected chi connectivity index (χ1v) is 10.5. The number of likely N-dealkylation sites (N-methyl/N-ethyl adjacent to an activating group) is 1. The largest absolute Gasteiger partial charge is 0.489 e. The standard InChI is InChI=1S/C24H23N5O4/c1-2-28(15-18-9-11-20(12-10-18)32-17-19-7-4-3-5-8-19)21(30)16-29-23(27-33-24(29)31)22-25-13-6-14-26-22/h3-14H,2,15-17H2,1H3. The van der Waals surface area contributed by atoms with Crippen LogP contribution >= 0.6 is 0 Å². The summed E-state index contributed by atoms with van der Waals surface area (Å²) in [4.78, 5) is 34.9. The van der Waals surface area contributed by atoms with E-state index in [1.807, 2.05) is 61.5 Å². The van der Waals surface area contributed by atoms with Gasteiger partial charge in [-0.15, -0.1) is 0 Å². The highest BCUT2D eigenvalue weighted by molar-refractivity contribution is 5.76. The van der Waals surface area contributed by atoms with Crippen LogP contribution in [-0.4, -0.2) is 37.0 Å². The molecule has 0 N–H and O–H groups in total. The number of benzene rings is 2. The van der Waals surface area contributed by atoms with Gasteiger partial charge in [-0.1, -0.05) is 47.6 Å². The van der Waals surface area contributed by atoms with Gasteiger partial charge in [-0.25, -0.2) is 19.3 Å². The number of aromatic nitrogens is 4. The van der Waals surface area contributed by atoms with Crippen LogP contribution in [0.2, 0.25) is 0 Å². The zero-order valence-corrected chi connectivity index (χ0v) is 18.1. The number of hydrogen-bond acceptors (Lipinski definition) is 7. The minimum Gasteiger partial charge on any atom is -0.489 e. The Morgan fingerprint density at radius 1 is 1.00 bits per heavy atom. The summed E-state index contributed by atoms with van der Waals surface area (Å²) in [5.41, 5.74) is 2.04. The van der Waals surface area contributed by atoms with Crippen molar-refractivity contribution in [3.8, 4) is 17.4 Å². The molecule has 2 aromatic carbocycles. The molecule has 0 aliphatic heterocycles. The van der Waals surface area contributed by atoms with Gasteiger partial charge < -0.3 is 9.64 Å². The van der Waals surface area contributed by atoms with Gasteiger partial charge in [-0.3, -0.25) is 9.32 Å². The van der Waals surface area contributed by atoms with Gasteiger partial charge in [0, 0.05) is 25.5 Å². The zero-order valence-electron chi connectivity index (χ0n) is 18.1. The molecule has 0 saturated carbocycles. The maximum Gasteiger partial charge on any atom is 0.442 e. The molecule has 9 nitrogen and oxygen atoms in total. The molecule has 0 aliphatic rings. The van der Waals surface area contributed by atoms with E-state index in [1.54, 1.807) is 11.0 Å². The van der Waals surface area contributed by atoms with Gasteiger partial charge in [0.2, 0.25) is 11.7 Å². The monoisotopic (exact) mass is 445 g/mol. The Balaban J connectivity index is 1.40. The fourth-order valence-corrected chi connectivity index (χ4v) is 3.25. The Kier molecular flexibility index (Phi) is 6.89. The summed E-state index contributed by atoms with van der Waals surface area (Å²) < 4.78 is 11.7. The predicted octanol–water partition coefficient (Wildman–Crippen LogP) is 2.92. The Morgan fingerprint density at radius 3 is 2.42 bits per heavy atom. The summed E-state index contributed by atoms with van der Waals surface area (Å²) >= 11 is 0. The van der Waals surface area contributed by atoms with Crippen LogP contribution in [0.15, 0.2) is 82.4 Å². The lowest BCUT2D eigenvalue weighted by Gasteiger charge is -2.21. The van der Waals surface area contributed by atoms with Gasteiger partial charge in [-0.05, 0) is 36.2 Å². The van der Waals surface area contributed by atoms with E-state index in [2.05, 4.69) is 15.1 Å². The smallest absolute Gasteiger partial charge is 0.442 e. The summed E-state index contributed by atoms with van der Waals surface area (Å²) in [5, 5.41) is 3.72. The molecular formula is C24H23N5O4. The van der Waals surface area contributed by atoms with Crippen LogP contribution in [0, 0.1) is 0 Å². The molecule has 4 rings (SSSR count). The maximum absolute atomic E-state index is 12.9. The molecule has 0 saturated heterocycles. The average Bonchev–Trinajstić information content (AvgIpc) is 3.23. The van der Waals surface area contributed by atoms with Crippen molar-refractivity contribution >= 4 is 5.91 Å². The predicted molar refractivity (Wildman–Crippen MR) is 120 cm³/mol. The molecule has 2 aromatic heterocycles. The third-order valence-electron chi connectivity index (χ3n) is 5.02. The lowest BCUT2D eigenvalue weighted by atomic mass is 10.2. The number of carbonyl (C=O) groups excluding carboxylic acids is 1. The molecule has 4 aromatic rings. The SMILES string of the molecule is CCN(Cc1ccc(OCc2ccccc2)cc1)C(=O)Cn1c(-c2ncccn2)noc1=O. The van der Waals surface area contributed by atoms with Crippen molar-refractivity contribution in [1.29, 1.82) is 0 Å². The van der Waals surface area contributed by atoms with Crippen molar-refractivity contribution in [2.24, 2.45) is 0 Å². The second-order valence-electron chi connectivity index (χ2n) is 7.26. The lowest BCUT2D eigenvalue weighted by Crippen LogP contribution is -2.35. The summed E-state index contributed by atoms with van der Waals surface area (Å²) in [6.07, 6.45) is 3.05. The molecular weight excluding hydrogens is 422 g/mol. The van der Waals surface area contributed by atoms with Crippen LogP contribution in [-0.2, 0) is 24.5 Å². The van der Waals surface area contributed by atoms with Gasteiger partial charge in [-0.2, -0.15) is 0 Å². The molecule has 0 atom stereocenters. The first-order chi connectivity index (χ1) is 16.1. The van der Waals surface area contributed by atoms with E-state index >= 15 is 0 Å². The second kappa shape index (κ2) is 10.4. The average molecular weight is 445 g/mol. The minimum absolute atomic E-state index is 0.116. The third-order valence-corrected chi connectivity index (χ3v) is 5.02. The summed E-state index contributed by atoms with van der Waals surface area (Å²) in [5.74, 6) is 0.0990. The van der Waals surface area contributed by atoms with Crippen molar-refractivity contribution < 1.29 is 14.1 Å². The van der Waals surface area contributed by atoms with E-state index < -0.39 is 5.76 Å². The topological polar surface area (TPSA) is 103 Å². The maximum atomic E-state index is 12.9. The quantitative estimate of drug-likeness (QED) is 0.390. The third kappa shape index (κ3) is 5.51. The Bertz CT molecular complexity index is 1240. The van der Waals surface area contributed by atoms with Gasteiger partial charge in [0.05, 0.1) is 0 Å². The molecule has 0 bridgehead atoms. The molecule has 2 heterocycles. The highest BCUT2D eigenvalue weighted by Crippen LogP contribution is 2.16. The van der Waals surface area contributed by atoms with E-state index in [4.69, 9.17) is 9.26 Å². The second-order valence-corrected chi connectivity index (χ2v) is 7.26. The van der Waals surface area contributed by atoms with Crippen LogP contribution in [0.3, 0.4) is 0 Å². The summed E-state index contributed by atoms with van der Waals surface area (Å²) in [7, 11) is 0.